The predicted octanol–water partition coefficient (Wildman–Crippen LogP) is 5.48. The second-order valence-electron chi connectivity index (χ2n) is 4.10. The molecular formula is C14H9Cl4NO. The fourth-order valence-electron chi connectivity index (χ4n) is 1.62. The lowest BCUT2D eigenvalue weighted by atomic mass is 10.1. The first-order valence-corrected chi connectivity index (χ1v) is 7.16. The van der Waals surface area contributed by atoms with Crippen molar-refractivity contribution >= 4 is 58.0 Å². The number of nitrogens with one attached hydrogen (secondary N) is 1. The van der Waals surface area contributed by atoms with E-state index in [0.717, 1.165) is 5.56 Å². The van der Waals surface area contributed by atoms with Crippen molar-refractivity contribution in [3.8, 4) is 0 Å². The number of carbonyl (C=O) groups excluding carboxylic acids is 1. The van der Waals surface area contributed by atoms with Gasteiger partial charge in [-0.05, 0) is 35.9 Å². The van der Waals surface area contributed by atoms with E-state index in [-0.39, 0.29) is 12.3 Å². The quantitative estimate of drug-likeness (QED) is 0.781. The molecule has 2 aromatic carbocycles. The highest BCUT2D eigenvalue weighted by Crippen LogP contribution is 2.26. The van der Waals surface area contributed by atoms with E-state index in [9.17, 15) is 4.79 Å². The molecule has 0 aromatic heterocycles. The van der Waals surface area contributed by atoms with Crippen LogP contribution in [-0.2, 0) is 11.2 Å². The zero-order valence-electron chi connectivity index (χ0n) is 10.1. The SMILES string of the molecule is O=C(Cc1ccc(Cl)c(Cl)c1)Nc1ccc(Cl)cc1Cl. The van der Waals surface area contributed by atoms with Crippen molar-refractivity contribution in [1.82, 2.24) is 0 Å². The van der Waals surface area contributed by atoms with Gasteiger partial charge in [0.1, 0.15) is 0 Å². The van der Waals surface area contributed by atoms with Crippen molar-refractivity contribution in [2.75, 3.05) is 5.32 Å². The molecular weight excluding hydrogens is 340 g/mol. The average molecular weight is 349 g/mol. The van der Waals surface area contributed by atoms with Crippen LogP contribution in [0.5, 0.6) is 0 Å². The van der Waals surface area contributed by atoms with Crippen molar-refractivity contribution in [2.24, 2.45) is 0 Å². The van der Waals surface area contributed by atoms with E-state index in [2.05, 4.69) is 5.32 Å². The Hall–Kier alpha value is -0.930. The third kappa shape index (κ3) is 4.03. The number of halogens is 4. The predicted molar refractivity (Wildman–Crippen MR) is 85.3 cm³/mol. The van der Waals surface area contributed by atoms with E-state index in [1.54, 1.807) is 36.4 Å². The van der Waals surface area contributed by atoms with Crippen LogP contribution in [0, 0.1) is 0 Å². The van der Waals surface area contributed by atoms with Gasteiger partial charge in [0.15, 0.2) is 0 Å². The van der Waals surface area contributed by atoms with E-state index in [4.69, 9.17) is 46.4 Å². The number of benzene rings is 2. The van der Waals surface area contributed by atoms with Gasteiger partial charge < -0.3 is 5.32 Å². The minimum absolute atomic E-state index is 0.176. The lowest BCUT2D eigenvalue weighted by Gasteiger charge is -2.08. The number of hydrogen-bond donors (Lipinski definition) is 1. The lowest BCUT2D eigenvalue weighted by Crippen LogP contribution is -2.14. The van der Waals surface area contributed by atoms with E-state index in [1.165, 1.54) is 0 Å². The summed E-state index contributed by atoms with van der Waals surface area (Å²) in [6.07, 6.45) is 0.176. The summed E-state index contributed by atoms with van der Waals surface area (Å²) in [7, 11) is 0. The van der Waals surface area contributed by atoms with E-state index < -0.39 is 0 Å². The van der Waals surface area contributed by atoms with Gasteiger partial charge in [0.05, 0.1) is 27.2 Å². The first-order valence-electron chi connectivity index (χ1n) is 5.64. The molecule has 1 amide bonds. The fraction of sp³-hybridized carbons (Fsp3) is 0.0714. The summed E-state index contributed by atoms with van der Waals surface area (Å²) < 4.78 is 0. The standard InChI is InChI=1S/C14H9Cl4NO/c15-9-2-4-13(12(18)7-9)19-14(20)6-8-1-3-10(16)11(17)5-8/h1-5,7H,6H2,(H,19,20). The molecule has 0 saturated heterocycles. The van der Waals surface area contributed by atoms with Crippen LogP contribution in [-0.4, -0.2) is 5.91 Å². The third-order valence-electron chi connectivity index (χ3n) is 2.55. The molecule has 2 nitrogen and oxygen atoms in total. The molecule has 2 rings (SSSR count). The van der Waals surface area contributed by atoms with Crippen molar-refractivity contribution in [1.29, 1.82) is 0 Å². The van der Waals surface area contributed by atoms with Crippen LogP contribution in [0.2, 0.25) is 20.1 Å². The van der Waals surface area contributed by atoms with Crippen LogP contribution >= 0.6 is 46.4 Å². The summed E-state index contributed by atoms with van der Waals surface area (Å²) in [5.41, 5.74) is 1.28. The van der Waals surface area contributed by atoms with E-state index in [1.807, 2.05) is 0 Å². The molecule has 0 atom stereocenters. The van der Waals surface area contributed by atoms with Gasteiger partial charge in [-0.1, -0.05) is 52.5 Å². The maximum Gasteiger partial charge on any atom is 0.228 e. The number of anilines is 1. The zero-order valence-corrected chi connectivity index (χ0v) is 13.1. The Morgan fingerprint density at radius 1 is 0.900 bits per heavy atom. The molecule has 0 saturated carbocycles. The Balaban J connectivity index is 2.07. The van der Waals surface area contributed by atoms with E-state index >= 15 is 0 Å². The highest BCUT2D eigenvalue weighted by molar-refractivity contribution is 6.42. The maximum absolute atomic E-state index is 11.9. The molecule has 0 fully saturated rings. The van der Waals surface area contributed by atoms with Crippen LogP contribution in [0.1, 0.15) is 5.56 Å². The minimum atomic E-state index is -0.201. The van der Waals surface area contributed by atoms with Gasteiger partial charge in [-0.25, -0.2) is 0 Å². The Morgan fingerprint density at radius 2 is 1.65 bits per heavy atom. The third-order valence-corrected chi connectivity index (χ3v) is 3.84. The average Bonchev–Trinajstić information content (AvgIpc) is 2.37. The summed E-state index contributed by atoms with van der Waals surface area (Å²) in [5.74, 6) is -0.201. The van der Waals surface area contributed by atoms with Crippen molar-refractivity contribution in [3.63, 3.8) is 0 Å². The normalized spacial score (nSPS) is 10.4. The molecule has 1 N–H and O–H groups in total. The monoisotopic (exact) mass is 347 g/mol. The van der Waals surface area contributed by atoms with Crippen molar-refractivity contribution in [2.45, 2.75) is 6.42 Å². The number of carbonyl (C=O) groups is 1. The Bertz CT molecular complexity index is 658. The number of hydrogen-bond acceptors (Lipinski definition) is 1. The molecule has 0 aliphatic heterocycles. The van der Waals surface area contributed by atoms with Crippen LogP contribution < -0.4 is 5.32 Å². The van der Waals surface area contributed by atoms with Gasteiger partial charge in [0, 0.05) is 5.02 Å². The summed E-state index contributed by atoms with van der Waals surface area (Å²) in [5, 5.41) is 4.49. The molecule has 6 heteroatoms. The zero-order chi connectivity index (χ0) is 14.7. The van der Waals surface area contributed by atoms with Gasteiger partial charge in [0.2, 0.25) is 5.91 Å². The number of amides is 1. The van der Waals surface area contributed by atoms with Crippen LogP contribution in [0.4, 0.5) is 5.69 Å². The molecule has 0 aliphatic carbocycles. The molecule has 0 unspecified atom stereocenters. The fourth-order valence-corrected chi connectivity index (χ4v) is 2.40. The van der Waals surface area contributed by atoms with Gasteiger partial charge in [-0.3, -0.25) is 4.79 Å². The highest BCUT2D eigenvalue weighted by atomic mass is 35.5. The molecule has 0 radical (unpaired) electrons. The highest BCUT2D eigenvalue weighted by Gasteiger charge is 2.08. The second-order valence-corrected chi connectivity index (χ2v) is 5.76. The van der Waals surface area contributed by atoms with Crippen LogP contribution in [0.3, 0.4) is 0 Å². The van der Waals surface area contributed by atoms with Gasteiger partial charge in [-0.2, -0.15) is 0 Å². The van der Waals surface area contributed by atoms with E-state index in [0.29, 0.717) is 25.8 Å². The minimum Gasteiger partial charge on any atom is -0.324 e. The molecule has 0 spiro atoms. The summed E-state index contributed by atoms with van der Waals surface area (Å²) in [6, 6.07) is 9.93. The van der Waals surface area contributed by atoms with Gasteiger partial charge in [-0.15, -0.1) is 0 Å². The topological polar surface area (TPSA) is 29.1 Å². The van der Waals surface area contributed by atoms with Gasteiger partial charge in [0.25, 0.3) is 0 Å². The first kappa shape index (κ1) is 15.5. The Morgan fingerprint density at radius 3 is 2.30 bits per heavy atom. The van der Waals surface area contributed by atoms with Crippen molar-refractivity contribution in [3.05, 3.63) is 62.1 Å². The second kappa shape index (κ2) is 6.68. The molecule has 2 aromatic rings. The summed E-state index contributed by atoms with van der Waals surface area (Å²) >= 11 is 23.5. The maximum atomic E-state index is 11.9. The lowest BCUT2D eigenvalue weighted by molar-refractivity contribution is -0.115. The van der Waals surface area contributed by atoms with Gasteiger partial charge >= 0.3 is 0 Å². The molecule has 20 heavy (non-hydrogen) atoms. The molecule has 104 valence electrons. The molecule has 0 bridgehead atoms. The Kier molecular flexibility index (Phi) is 5.17. The van der Waals surface area contributed by atoms with Crippen LogP contribution in [0.15, 0.2) is 36.4 Å². The molecule has 0 heterocycles. The number of rotatable bonds is 3. The largest absolute Gasteiger partial charge is 0.324 e. The summed E-state index contributed by atoms with van der Waals surface area (Å²) in [6.45, 7) is 0. The smallest absolute Gasteiger partial charge is 0.228 e. The Labute approximate surface area is 136 Å². The molecule has 0 aliphatic rings. The van der Waals surface area contributed by atoms with Crippen LogP contribution in [0.25, 0.3) is 0 Å². The van der Waals surface area contributed by atoms with Crippen molar-refractivity contribution < 1.29 is 4.79 Å². The summed E-state index contributed by atoms with van der Waals surface area (Å²) in [4.78, 5) is 11.9. The first-order chi connectivity index (χ1) is 9.45.